The number of tetrazole rings is 1. The van der Waals surface area contributed by atoms with Gasteiger partial charge in [0.15, 0.2) is 5.88 Å². The van der Waals surface area contributed by atoms with Crippen LogP contribution in [0.2, 0.25) is 0 Å². The van der Waals surface area contributed by atoms with Crippen molar-refractivity contribution in [2.24, 2.45) is 5.73 Å². The van der Waals surface area contributed by atoms with Gasteiger partial charge in [-0.2, -0.15) is 8.42 Å². The van der Waals surface area contributed by atoms with Crippen molar-refractivity contribution in [3.05, 3.63) is 11.3 Å². The average molecular weight is 430 g/mol. The summed E-state index contributed by atoms with van der Waals surface area (Å²) in [6.07, 6.45) is 0. The smallest absolute Gasteiger partial charge is 0.543 e. The first-order valence-corrected chi connectivity index (χ1v) is 10.3. The number of aromatic nitrogens is 4. The van der Waals surface area contributed by atoms with Crippen molar-refractivity contribution >= 4 is 45.5 Å². The molecule has 16 heteroatoms. The Morgan fingerprint density at radius 2 is 2.19 bits per heavy atom. The van der Waals surface area contributed by atoms with E-state index in [4.69, 9.17) is 10.3 Å². The first-order chi connectivity index (χ1) is 11.7. The van der Waals surface area contributed by atoms with Crippen LogP contribution in [0.25, 0.3) is 0 Å². The second-order valence-electron chi connectivity index (χ2n) is 5.14. The molecule has 0 aliphatic carbocycles. The molecule has 0 aromatic carbocycles. The first-order valence-electron chi connectivity index (χ1n) is 6.67. The molecule has 1 amide bonds. The number of amides is 1. The number of carboxylic acids is 1. The van der Waals surface area contributed by atoms with E-state index in [0.29, 0.717) is 11.3 Å². The standard InChI is InChI=1S/C10H12N6O6S3.Na/c11-5-7(17)16-6(9(18)19)4(1-23-8(5)16)2-24-10-12-13-14-15(10)3-25(20,21)22;/h5,8H,1-3,11H2,(H,18,19)(H,20,21,22);/q;+1/p-1/t5-,8-;/m1./s1. The van der Waals surface area contributed by atoms with Gasteiger partial charge in [0.25, 0.3) is 10.1 Å². The molecule has 0 bridgehead atoms. The van der Waals surface area contributed by atoms with Crippen LogP contribution in [0, 0.1) is 0 Å². The number of β-lactam (4-membered cyclic amide) rings is 1. The molecule has 0 saturated carbocycles. The maximum Gasteiger partial charge on any atom is 1.00 e. The van der Waals surface area contributed by atoms with Gasteiger partial charge in [0.1, 0.15) is 11.4 Å². The minimum Gasteiger partial charge on any atom is -0.543 e. The molecule has 12 nitrogen and oxygen atoms in total. The van der Waals surface area contributed by atoms with Crippen molar-refractivity contribution in [1.29, 1.82) is 0 Å². The van der Waals surface area contributed by atoms with Gasteiger partial charge in [0.2, 0.25) is 11.1 Å². The summed E-state index contributed by atoms with van der Waals surface area (Å²) in [6.45, 7) is 0. The predicted molar refractivity (Wildman–Crippen MR) is 83.2 cm³/mol. The first kappa shape index (κ1) is 21.6. The van der Waals surface area contributed by atoms with Gasteiger partial charge in [-0.3, -0.25) is 14.2 Å². The van der Waals surface area contributed by atoms with Gasteiger partial charge in [-0.25, -0.2) is 4.68 Å². The summed E-state index contributed by atoms with van der Waals surface area (Å²) in [5.41, 5.74) is 5.84. The fraction of sp³-hybridized carbons (Fsp3) is 0.500. The molecule has 1 fully saturated rings. The number of nitrogens with zero attached hydrogens (tertiary/aromatic N) is 5. The molecule has 26 heavy (non-hydrogen) atoms. The van der Waals surface area contributed by atoms with E-state index in [1.165, 1.54) is 11.8 Å². The Hall–Kier alpha value is -0.680. The van der Waals surface area contributed by atoms with E-state index < -0.39 is 39.3 Å². The molecule has 1 aromatic heterocycles. The Labute approximate surface area is 178 Å². The van der Waals surface area contributed by atoms with E-state index in [-0.39, 0.29) is 46.2 Å². The Kier molecular flexibility index (Phi) is 6.76. The zero-order valence-corrected chi connectivity index (χ0v) is 17.8. The number of carbonyl (C=O) groups excluding carboxylic acids is 2. The average Bonchev–Trinajstić information content (AvgIpc) is 2.96. The van der Waals surface area contributed by atoms with Crippen molar-refractivity contribution < 1.29 is 57.2 Å². The van der Waals surface area contributed by atoms with Gasteiger partial charge in [0.05, 0.1) is 11.7 Å². The van der Waals surface area contributed by atoms with E-state index in [1.54, 1.807) is 0 Å². The van der Waals surface area contributed by atoms with E-state index >= 15 is 0 Å². The number of fused-ring (bicyclic) bond motifs is 1. The molecule has 0 unspecified atom stereocenters. The molecule has 1 saturated heterocycles. The monoisotopic (exact) mass is 430 g/mol. The van der Waals surface area contributed by atoms with Gasteiger partial charge in [0, 0.05) is 11.5 Å². The van der Waals surface area contributed by atoms with Crippen LogP contribution in [0.5, 0.6) is 0 Å². The van der Waals surface area contributed by atoms with E-state index in [1.807, 2.05) is 0 Å². The quantitative estimate of drug-likeness (QED) is 0.189. The van der Waals surface area contributed by atoms with Crippen molar-refractivity contribution in [2.75, 3.05) is 11.5 Å². The van der Waals surface area contributed by atoms with Crippen molar-refractivity contribution in [1.82, 2.24) is 25.1 Å². The Balaban J connectivity index is 0.00000243. The number of thioether (sulfide) groups is 2. The number of carbonyl (C=O) groups is 2. The minimum absolute atomic E-state index is 0. The molecule has 3 rings (SSSR count). The van der Waals surface area contributed by atoms with Crippen LogP contribution in [-0.2, 0) is 25.6 Å². The summed E-state index contributed by atoms with van der Waals surface area (Å²) >= 11 is 2.30. The number of nitrogens with two attached hydrogens (primary N) is 1. The maximum atomic E-state index is 11.8. The molecule has 2 aliphatic heterocycles. The third-order valence-corrected chi connectivity index (χ3v) is 6.42. The summed E-state index contributed by atoms with van der Waals surface area (Å²) in [6, 6.07) is -0.740. The topological polar surface area (TPSA) is 184 Å². The second-order valence-corrected chi connectivity index (χ2v) is 8.61. The summed E-state index contributed by atoms with van der Waals surface area (Å²) < 4.78 is 31.6. The van der Waals surface area contributed by atoms with Gasteiger partial charge in [-0.15, -0.1) is 16.9 Å². The third kappa shape index (κ3) is 4.24. The fourth-order valence-electron chi connectivity index (χ4n) is 2.37. The molecule has 1 aromatic rings. The Morgan fingerprint density at radius 1 is 1.50 bits per heavy atom. The van der Waals surface area contributed by atoms with Crippen LogP contribution in [-0.4, -0.2) is 72.9 Å². The van der Waals surface area contributed by atoms with Gasteiger partial charge < -0.3 is 15.6 Å². The van der Waals surface area contributed by atoms with E-state index in [2.05, 4.69) is 15.5 Å². The molecule has 0 spiro atoms. The van der Waals surface area contributed by atoms with Crippen LogP contribution in [0.4, 0.5) is 0 Å². The molecule has 2 atom stereocenters. The van der Waals surface area contributed by atoms with Gasteiger partial charge >= 0.3 is 29.6 Å². The third-order valence-electron chi connectivity index (χ3n) is 3.44. The van der Waals surface area contributed by atoms with Crippen LogP contribution >= 0.6 is 23.5 Å². The van der Waals surface area contributed by atoms with Gasteiger partial charge in [-0.05, 0) is 16.0 Å². The Morgan fingerprint density at radius 3 is 2.81 bits per heavy atom. The van der Waals surface area contributed by atoms with Crippen molar-refractivity contribution in [3.63, 3.8) is 0 Å². The van der Waals surface area contributed by atoms with Crippen molar-refractivity contribution in [2.45, 2.75) is 22.4 Å². The molecular weight excluding hydrogens is 419 g/mol. The summed E-state index contributed by atoms with van der Waals surface area (Å²) in [7, 11) is -4.34. The molecule has 2 aliphatic rings. The molecule has 136 valence electrons. The van der Waals surface area contributed by atoms with Gasteiger partial charge in [-0.1, -0.05) is 11.8 Å². The molecule has 3 N–H and O–H groups in total. The normalized spacial score (nSPS) is 22.5. The number of hydrogen-bond acceptors (Lipinski definition) is 11. The molecular formula is C10H11N6NaO6S3. The minimum atomic E-state index is -4.34. The van der Waals surface area contributed by atoms with E-state index in [0.717, 1.165) is 21.3 Å². The summed E-state index contributed by atoms with van der Waals surface area (Å²) in [4.78, 5) is 24.4. The number of aliphatic carboxylic acids is 1. The van der Waals surface area contributed by atoms with Crippen LogP contribution in [0.15, 0.2) is 16.4 Å². The summed E-state index contributed by atoms with van der Waals surface area (Å²) in [5, 5.41) is 21.5. The zero-order chi connectivity index (χ0) is 18.4. The van der Waals surface area contributed by atoms with Crippen LogP contribution in [0.3, 0.4) is 0 Å². The number of hydrogen-bond donors (Lipinski definition) is 2. The van der Waals surface area contributed by atoms with E-state index in [9.17, 15) is 23.1 Å². The predicted octanol–water partition coefficient (Wildman–Crippen LogP) is -6.14. The zero-order valence-electron chi connectivity index (χ0n) is 13.3. The number of rotatable bonds is 6. The second kappa shape index (κ2) is 8.14. The van der Waals surface area contributed by atoms with Crippen LogP contribution < -0.4 is 40.4 Å². The molecule has 0 radical (unpaired) electrons. The number of carboxylic acid groups (broad SMARTS) is 1. The largest absolute Gasteiger partial charge is 1.00 e. The summed E-state index contributed by atoms with van der Waals surface area (Å²) in [5.74, 6) is -2.40. The van der Waals surface area contributed by atoms with Crippen LogP contribution in [0.1, 0.15) is 0 Å². The fourth-order valence-corrected chi connectivity index (χ4v) is 5.24. The Bertz CT molecular complexity index is 872. The SMILES string of the molecule is N[C@@H]1C(=O)N2C(C(=O)[O-])=C(CSc3nnnn3CS(=O)(=O)O)CS[C@H]12.[Na+]. The van der Waals surface area contributed by atoms with Crippen molar-refractivity contribution in [3.8, 4) is 0 Å². The molecule has 3 heterocycles. The maximum absolute atomic E-state index is 11.8.